The molecule has 2 amide bonds. The van der Waals surface area contributed by atoms with Gasteiger partial charge in [-0.3, -0.25) is 19.9 Å². The lowest BCUT2D eigenvalue weighted by Crippen LogP contribution is -2.19. The van der Waals surface area contributed by atoms with Crippen LogP contribution in [0.15, 0.2) is 26.8 Å². The summed E-state index contributed by atoms with van der Waals surface area (Å²) in [6.07, 6.45) is 3.35. The summed E-state index contributed by atoms with van der Waals surface area (Å²) in [5, 5.41) is 2.22. The number of pyridine rings is 1. The average Bonchev–Trinajstić information content (AvgIpc) is 2.50. The summed E-state index contributed by atoms with van der Waals surface area (Å²) < 4.78 is 1.61. The van der Waals surface area contributed by atoms with E-state index in [1.165, 1.54) is 0 Å². The molecule has 0 saturated carbocycles. The molecule has 0 unspecified atom stereocenters. The summed E-state index contributed by atoms with van der Waals surface area (Å²) in [5.74, 6) is -0.619. The molecular formula is C10H6Br2N2O2. The second-order valence-electron chi connectivity index (χ2n) is 3.24. The van der Waals surface area contributed by atoms with E-state index in [0.717, 1.165) is 8.95 Å². The summed E-state index contributed by atoms with van der Waals surface area (Å²) in [4.78, 5) is 26.4. The Hall–Kier alpha value is -1.01. The van der Waals surface area contributed by atoms with Crippen LogP contribution < -0.4 is 5.32 Å². The normalized spacial score (nSPS) is 18.0. The average molecular weight is 346 g/mol. The standard InChI is InChI=1S/C10H6Br2N2O2/c11-6-3-7(12)8(13-4-6)1-5-2-9(15)14-10(5)16/h1,3-4H,2H2,(H,14,15,16)/b5-1-. The van der Waals surface area contributed by atoms with Crippen molar-refractivity contribution in [2.45, 2.75) is 6.42 Å². The van der Waals surface area contributed by atoms with Gasteiger partial charge in [-0.25, -0.2) is 0 Å². The molecule has 1 aromatic heterocycles. The highest BCUT2D eigenvalue weighted by atomic mass is 79.9. The maximum atomic E-state index is 11.3. The van der Waals surface area contributed by atoms with Gasteiger partial charge in [0.2, 0.25) is 5.91 Å². The van der Waals surface area contributed by atoms with Crippen LogP contribution in [0.5, 0.6) is 0 Å². The number of carbonyl (C=O) groups excluding carboxylic acids is 2. The number of hydrogen-bond donors (Lipinski definition) is 1. The van der Waals surface area contributed by atoms with E-state index in [2.05, 4.69) is 42.2 Å². The topological polar surface area (TPSA) is 59.1 Å². The Labute approximate surface area is 108 Å². The lowest BCUT2D eigenvalue weighted by atomic mass is 10.2. The predicted molar refractivity (Wildman–Crippen MR) is 65.4 cm³/mol. The van der Waals surface area contributed by atoms with Gasteiger partial charge < -0.3 is 0 Å². The highest BCUT2D eigenvalue weighted by Crippen LogP contribution is 2.23. The first-order chi connectivity index (χ1) is 7.56. The minimum Gasteiger partial charge on any atom is -0.292 e. The minimum absolute atomic E-state index is 0.114. The largest absolute Gasteiger partial charge is 0.292 e. The number of rotatable bonds is 1. The molecule has 1 aromatic rings. The molecule has 4 nitrogen and oxygen atoms in total. The second kappa shape index (κ2) is 4.47. The molecule has 0 radical (unpaired) electrons. The number of aromatic nitrogens is 1. The van der Waals surface area contributed by atoms with E-state index in [0.29, 0.717) is 11.3 Å². The predicted octanol–water partition coefficient (Wildman–Crippen LogP) is 2.04. The van der Waals surface area contributed by atoms with Gasteiger partial charge in [0.1, 0.15) is 0 Å². The molecule has 1 aliphatic rings. The van der Waals surface area contributed by atoms with Crippen molar-refractivity contribution in [3.63, 3.8) is 0 Å². The minimum atomic E-state index is -0.346. The van der Waals surface area contributed by atoms with E-state index >= 15 is 0 Å². The maximum absolute atomic E-state index is 11.3. The number of nitrogens with one attached hydrogen (secondary N) is 1. The van der Waals surface area contributed by atoms with E-state index in [1.54, 1.807) is 12.3 Å². The summed E-state index contributed by atoms with van der Waals surface area (Å²) in [7, 11) is 0. The molecule has 0 aliphatic carbocycles. The van der Waals surface area contributed by atoms with Crippen LogP contribution in [-0.4, -0.2) is 16.8 Å². The van der Waals surface area contributed by atoms with Gasteiger partial charge in [0, 0.05) is 20.7 Å². The molecule has 2 heterocycles. The van der Waals surface area contributed by atoms with E-state index in [-0.39, 0.29) is 18.2 Å². The van der Waals surface area contributed by atoms with Gasteiger partial charge in [0.05, 0.1) is 12.1 Å². The van der Waals surface area contributed by atoms with Crippen LogP contribution in [0.25, 0.3) is 6.08 Å². The van der Waals surface area contributed by atoms with Gasteiger partial charge in [0.25, 0.3) is 5.91 Å². The van der Waals surface area contributed by atoms with Crippen molar-refractivity contribution >= 4 is 49.8 Å². The van der Waals surface area contributed by atoms with Crippen LogP contribution in [0.4, 0.5) is 0 Å². The zero-order valence-electron chi connectivity index (χ0n) is 7.96. The van der Waals surface area contributed by atoms with Gasteiger partial charge in [-0.05, 0) is 44.0 Å². The zero-order valence-corrected chi connectivity index (χ0v) is 11.1. The number of imide groups is 1. The third-order valence-corrected chi connectivity index (χ3v) is 3.11. The van der Waals surface area contributed by atoms with Gasteiger partial charge in [-0.15, -0.1) is 0 Å². The molecule has 6 heteroatoms. The summed E-state index contributed by atoms with van der Waals surface area (Å²) in [5.41, 5.74) is 1.06. The van der Waals surface area contributed by atoms with E-state index < -0.39 is 0 Å². The van der Waals surface area contributed by atoms with Crippen molar-refractivity contribution in [2.24, 2.45) is 0 Å². The SMILES string of the molecule is O=C1C/C(=C/c2ncc(Br)cc2Br)C(=O)N1. The molecule has 82 valence electrons. The Morgan fingerprint density at radius 3 is 2.69 bits per heavy atom. The van der Waals surface area contributed by atoms with Crippen LogP contribution in [0.1, 0.15) is 12.1 Å². The Kier molecular flexibility index (Phi) is 3.20. The van der Waals surface area contributed by atoms with Gasteiger partial charge in [-0.2, -0.15) is 0 Å². The van der Waals surface area contributed by atoms with Crippen molar-refractivity contribution in [3.8, 4) is 0 Å². The zero-order chi connectivity index (χ0) is 11.7. The first-order valence-electron chi connectivity index (χ1n) is 4.42. The Morgan fingerprint density at radius 2 is 2.12 bits per heavy atom. The number of nitrogens with zero attached hydrogens (tertiary/aromatic N) is 1. The second-order valence-corrected chi connectivity index (χ2v) is 5.01. The van der Waals surface area contributed by atoms with Crippen molar-refractivity contribution in [1.82, 2.24) is 10.3 Å². The number of amides is 2. The summed E-state index contributed by atoms with van der Waals surface area (Å²) in [6, 6.07) is 1.83. The lowest BCUT2D eigenvalue weighted by molar-refractivity contribution is -0.124. The molecule has 0 bridgehead atoms. The van der Waals surface area contributed by atoms with Gasteiger partial charge >= 0.3 is 0 Å². The highest BCUT2D eigenvalue weighted by Gasteiger charge is 2.23. The van der Waals surface area contributed by atoms with Crippen LogP contribution in [0.2, 0.25) is 0 Å². The van der Waals surface area contributed by atoms with Crippen LogP contribution >= 0.6 is 31.9 Å². The Bertz CT molecular complexity index is 512. The third-order valence-electron chi connectivity index (χ3n) is 2.04. The van der Waals surface area contributed by atoms with Crippen molar-refractivity contribution in [3.05, 3.63) is 32.5 Å². The highest BCUT2D eigenvalue weighted by molar-refractivity contribution is 9.11. The van der Waals surface area contributed by atoms with Crippen LogP contribution in [0.3, 0.4) is 0 Å². The Morgan fingerprint density at radius 1 is 1.38 bits per heavy atom. The molecule has 16 heavy (non-hydrogen) atoms. The monoisotopic (exact) mass is 344 g/mol. The molecule has 0 aromatic carbocycles. The molecular weight excluding hydrogens is 340 g/mol. The van der Waals surface area contributed by atoms with Crippen LogP contribution in [0, 0.1) is 0 Å². The Balaban J connectivity index is 2.36. The van der Waals surface area contributed by atoms with E-state index in [9.17, 15) is 9.59 Å². The fourth-order valence-corrected chi connectivity index (χ4v) is 2.42. The van der Waals surface area contributed by atoms with Gasteiger partial charge in [-0.1, -0.05) is 0 Å². The molecule has 2 rings (SSSR count). The molecule has 0 spiro atoms. The first kappa shape index (κ1) is 11.5. The summed E-state index contributed by atoms with van der Waals surface area (Å²) >= 11 is 6.62. The number of hydrogen-bond acceptors (Lipinski definition) is 3. The van der Waals surface area contributed by atoms with E-state index in [4.69, 9.17) is 0 Å². The number of carbonyl (C=O) groups is 2. The van der Waals surface area contributed by atoms with Crippen LogP contribution in [-0.2, 0) is 9.59 Å². The van der Waals surface area contributed by atoms with E-state index in [1.807, 2.05) is 6.07 Å². The maximum Gasteiger partial charge on any atom is 0.254 e. The molecule has 1 saturated heterocycles. The number of halogens is 2. The van der Waals surface area contributed by atoms with Gasteiger partial charge in [0.15, 0.2) is 0 Å². The quantitative estimate of drug-likeness (QED) is 0.626. The van der Waals surface area contributed by atoms with Crippen molar-refractivity contribution in [2.75, 3.05) is 0 Å². The molecule has 0 atom stereocenters. The molecule has 1 N–H and O–H groups in total. The summed E-state index contributed by atoms with van der Waals surface area (Å²) in [6.45, 7) is 0. The third kappa shape index (κ3) is 2.38. The molecule has 1 fully saturated rings. The van der Waals surface area contributed by atoms with Crippen molar-refractivity contribution < 1.29 is 9.59 Å². The molecule has 1 aliphatic heterocycles. The fraction of sp³-hybridized carbons (Fsp3) is 0.100. The smallest absolute Gasteiger partial charge is 0.254 e. The van der Waals surface area contributed by atoms with Crippen molar-refractivity contribution in [1.29, 1.82) is 0 Å². The first-order valence-corrected chi connectivity index (χ1v) is 6.00. The lowest BCUT2D eigenvalue weighted by Gasteiger charge is -1.99. The fourth-order valence-electron chi connectivity index (χ4n) is 1.32.